The van der Waals surface area contributed by atoms with Crippen molar-refractivity contribution in [3.05, 3.63) is 54.1 Å². The molecule has 0 bridgehead atoms. The van der Waals surface area contributed by atoms with E-state index in [0.29, 0.717) is 22.7 Å². The number of benzene rings is 2. The van der Waals surface area contributed by atoms with Crippen molar-refractivity contribution < 1.29 is 19.1 Å². The molecular formula is C17H18N2O4. The van der Waals surface area contributed by atoms with Gasteiger partial charge in [0.15, 0.2) is 6.10 Å². The Bertz CT molecular complexity index is 698. The Morgan fingerprint density at radius 2 is 1.74 bits per heavy atom. The molecule has 0 saturated carbocycles. The highest BCUT2D eigenvalue weighted by Crippen LogP contribution is 2.23. The quantitative estimate of drug-likeness (QED) is 0.653. The van der Waals surface area contributed by atoms with Gasteiger partial charge in [-0.15, -0.1) is 0 Å². The second-order valence-corrected chi connectivity index (χ2v) is 4.86. The van der Waals surface area contributed by atoms with Crippen LogP contribution in [0.3, 0.4) is 0 Å². The van der Waals surface area contributed by atoms with E-state index in [1.807, 2.05) is 0 Å². The van der Waals surface area contributed by atoms with Gasteiger partial charge in [0.1, 0.15) is 5.75 Å². The molecule has 0 fully saturated rings. The predicted molar refractivity (Wildman–Crippen MR) is 87.4 cm³/mol. The van der Waals surface area contributed by atoms with Crippen LogP contribution >= 0.6 is 0 Å². The number of carbonyl (C=O) groups excluding carboxylic acids is 2. The summed E-state index contributed by atoms with van der Waals surface area (Å²) in [6.07, 6.45) is -0.954. The lowest BCUT2D eigenvalue weighted by Gasteiger charge is -2.15. The number of amides is 1. The number of hydrogen-bond donors (Lipinski definition) is 2. The number of anilines is 2. The summed E-state index contributed by atoms with van der Waals surface area (Å²) >= 11 is 0. The molecule has 0 aliphatic heterocycles. The molecule has 3 N–H and O–H groups in total. The molecule has 0 spiro atoms. The minimum absolute atomic E-state index is 0.330. The lowest BCUT2D eigenvalue weighted by atomic mass is 10.2. The highest BCUT2D eigenvalue weighted by atomic mass is 16.5. The maximum absolute atomic E-state index is 12.1. The number of methoxy groups -OCH3 is 1. The van der Waals surface area contributed by atoms with Crippen molar-refractivity contribution in [2.45, 2.75) is 13.0 Å². The molecule has 0 aliphatic carbocycles. The summed E-state index contributed by atoms with van der Waals surface area (Å²) in [5, 5.41) is 2.67. The van der Waals surface area contributed by atoms with E-state index in [2.05, 4.69) is 5.32 Å². The molecule has 120 valence electrons. The number of nitrogens with one attached hydrogen (secondary N) is 1. The number of esters is 1. The number of nitrogen functional groups attached to an aromatic ring is 1. The number of nitrogens with two attached hydrogens (primary N) is 1. The van der Waals surface area contributed by atoms with Gasteiger partial charge in [0.05, 0.1) is 18.4 Å². The molecule has 2 aromatic rings. The van der Waals surface area contributed by atoms with Crippen LogP contribution in [0.5, 0.6) is 5.75 Å². The van der Waals surface area contributed by atoms with Crippen LogP contribution in [0.25, 0.3) is 0 Å². The average molecular weight is 314 g/mol. The van der Waals surface area contributed by atoms with E-state index in [9.17, 15) is 9.59 Å². The van der Waals surface area contributed by atoms with Gasteiger partial charge in [-0.05, 0) is 43.3 Å². The first-order chi connectivity index (χ1) is 11.0. The first kappa shape index (κ1) is 16.4. The summed E-state index contributed by atoms with van der Waals surface area (Å²) in [5.74, 6) is -0.510. The molecule has 23 heavy (non-hydrogen) atoms. The molecule has 0 saturated heterocycles. The van der Waals surface area contributed by atoms with E-state index in [-0.39, 0.29) is 0 Å². The molecule has 6 heteroatoms. The molecule has 2 aromatic carbocycles. The molecule has 0 radical (unpaired) electrons. The first-order valence-electron chi connectivity index (χ1n) is 7.01. The molecule has 2 rings (SSSR count). The van der Waals surface area contributed by atoms with Crippen molar-refractivity contribution in [1.82, 2.24) is 0 Å². The SMILES string of the molecule is COc1ccccc1NC(=O)[C@@H](C)OC(=O)c1ccc(N)cc1. The fourth-order valence-corrected chi connectivity index (χ4v) is 1.88. The highest BCUT2D eigenvalue weighted by Gasteiger charge is 2.20. The Kier molecular flexibility index (Phi) is 5.19. The number of ether oxygens (including phenoxy) is 2. The van der Waals surface area contributed by atoms with E-state index >= 15 is 0 Å². The number of hydrogen-bond acceptors (Lipinski definition) is 5. The largest absolute Gasteiger partial charge is 0.495 e. The summed E-state index contributed by atoms with van der Waals surface area (Å²) < 4.78 is 10.3. The van der Waals surface area contributed by atoms with E-state index in [4.69, 9.17) is 15.2 Å². The van der Waals surface area contributed by atoms with Gasteiger partial charge in [0, 0.05) is 5.69 Å². The van der Waals surface area contributed by atoms with Gasteiger partial charge in [-0.25, -0.2) is 4.79 Å². The van der Waals surface area contributed by atoms with Crippen LogP contribution in [-0.2, 0) is 9.53 Å². The van der Waals surface area contributed by atoms with Crippen LogP contribution < -0.4 is 15.8 Å². The molecule has 0 aliphatic rings. The van der Waals surface area contributed by atoms with Crippen molar-refractivity contribution in [3.8, 4) is 5.75 Å². The summed E-state index contributed by atoms with van der Waals surface area (Å²) in [6.45, 7) is 1.50. The van der Waals surface area contributed by atoms with E-state index in [1.54, 1.807) is 48.5 Å². The number of para-hydroxylation sites is 2. The van der Waals surface area contributed by atoms with E-state index in [1.165, 1.54) is 14.0 Å². The normalized spacial score (nSPS) is 11.4. The van der Waals surface area contributed by atoms with Crippen LogP contribution in [0.1, 0.15) is 17.3 Å². The summed E-state index contributed by atoms with van der Waals surface area (Å²) in [6, 6.07) is 13.3. The zero-order chi connectivity index (χ0) is 16.8. The Balaban J connectivity index is 1.99. The maximum atomic E-state index is 12.1. The molecule has 0 heterocycles. The second kappa shape index (κ2) is 7.31. The van der Waals surface area contributed by atoms with Gasteiger partial charge in [-0.1, -0.05) is 12.1 Å². The van der Waals surface area contributed by atoms with Gasteiger partial charge >= 0.3 is 5.97 Å². The average Bonchev–Trinajstić information content (AvgIpc) is 2.55. The lowest BCUT2D eigenvalue weighted by molar-refractivity contribution is -0.123. The molecule has 6 nitrogen and oxygen atoms in total. The third-order valence-electron chi connectivity index (χ3n) is 3.16. The summed E-state index contributed by atoms with van der Waals surface area (Å²) in [7, 11) is 1.51. The number of rotatable bonds is 5. The Morgan fingerprint density at radius 1 is 1.09 bits per heavy atom. The molecule has 1 amide bonds. The van der Waals surface area contributed by atoms with Crippen LogP contribution in [0.15, 0.2) is 48.5 Å². The van der Waals surface area contributed by atoms with Crippen LogP contribution in [0.2, 0.25) is 0 Å². The Labute approximate surface area is 134 Å². The van der Waals surface area contributed by atoms with Crippen molar-refractivity contribution >= 4 is 23.3 Å². The van der Waals surface area contributed by atoms with Gasteiger partial charge < -0.3 is 20.5 Å². The third-order valence-corrected chi connectivity index (χ3v) is 3.16. The lowest BCUT2D eigenvalue weighted by Crippen LogP contribution is -2.30. The van der Waals surface area contributed by atoms with Gasteiger partial charge in [0.2, 0.25) is 0 Å². The Hall–Kier alpha value is -3.02. The smallest absolute Gasteiger partial charge is 0.338 e. The molecule has 0 aromatic heterocycles. The fraction of sp³-hybridized carbons (Fsp3) is 0.176. The zero-order valence-corrected chi connectivity index (χ0v) is 12.9. The first-order valence-corrected chi connectivity index (χ1v) is 7.01. The van der Waals surface area contributed by atoms with Crippen LogP contribution in [-0.4, -0.2) is 25.1 Å². The zero-order valence-electron chi connectivity index (χ0n) is 12.9. The fourth-order valence-electron chi connectivity index (χ4n) is 1.88. The van der Waals surface area contributed by atoms with Gasteiger partial charge in [-0.2, -0.15) is 0 Å². The van der Waals surface area contributed by atoms with Crippen molar-refractivity contribution in [3.63, 3.8) is 0 Å². The second-order valence-electron chi connectivity index (χ2n) is 4.86. The standard InChI is InChI=1S/C17H18N2O4/c1-11(23-17(21)12-7-9-13(18)10-8-12)16(20)19-14-5-3-4-6-15(14)22-2/h3-11H,18H2,1-2H3,(H,19,20)/t11-/m1/s1. The van der Waals surface area contributed by atoms with E-state index in [0.717, 1.165) is 0 Å². The number of carbonyl (C=O) groups is 2. The Morgan fingerprint density at radius 3 is 2.39 bits per heavy atom. The monoisotopic (exact) mass is 314 g/mol. The summed E-state index contributed by atoms with van der Waals surface area (Å²) in [4.78, 5) is 24.1. The van der Waals surface area contributed by atoms with Crippen LogP contribution in [0, 0.1) is 0 Å². The van der Waals surface area contributed by atoms with E-state index < -0.39 is 18.0 Å². The third kappa shape index (κ3) is 4.23. The van der Waals surface area contributed by atoms with Crippen molar-refractivity contribution in [2.24, 2.45) is 0 Å². The minimum Gasteiger partial charge on any atom is -0.495 e. The molecular weight excluding hydrogens is 296 g/mol. The topological polar surface area (TPSA) is 90.6 Å². The maximum Gasteiger partial charge on any atom is 0.338 e. The van der Waals surface area contributed by atoms with Gasteiger partial charge in [0.25, 0.3) is 5.91 Å². The van der Waals surface area contributed by atoms with Crippen molar-refractivity contribution in [2.75, 3.05) is 18.2 Å². The molecule has 1 atom stereocenters. The highest BCUT2D eigenvalue weighted by molar-refractivity contribution is 5.98. The minimum atomic E-state index is -0.954. The summed E-state index contributed by atoms with van der Waals surface area (Å²) in [5.41, 5.74) is 6.95. The predicted octanol–water partition coefficient (Wildman–Crippen LogP) is 2.46. The molecule has 0 unspecified atom stereocenters. The van der Waals surface area contributed by atoms with Crippen LogP contribution in [0.4, 0.5) is 11.4 Å². The van der Waals surface area contributed by atoms with Crippen molar-refractivity contribution in [1.29, 1.82) is 0 Å². The van der Waals surface area contributed by atoms with Gasteiger partial charge in [-0.3, -0.25) is 4.79 Å².